The topological polar surface area (TPSA) is 108 Å². The van der Waals surface area contributed by atoms with E-state index in [1.807, 2.05) is 33.9 Å². The molecular formula is C29H55N4O6P. The number of piperidine rings is 1. The highest BCUT2D eigenvalue weighted by Crippen LogP contribution is 2.34. The average Bonchev–Trinajstić information content (AvgIpc) is 3.29. The highest BCUT2D eigenvalue weighted by molar-refractivity contribution is 7.51. The minimum atomic E-state index is -0.695. The van der Waals surface area contributed by atoms with Crippen molar-refractivity contribution < 1.29 is 28.6 Å². The van der Waals surface area contributed by atoms with E-state index in [-0.39, 0.29) is 17.4 Å². The largest absolute Gasteiger partial charge is 0.392 e. The molecule has 1 N–H and O–H groups in total. The van der Waals surface area contributed by atoms with E-state index in [0.717, 1.165) is 38.0 Å². The Morgan fingerprint density at radius 1 is 1.15 bits per heavy atom. The molecule has 1 saturated heterocycles. The summed E-state index contributed by atoms with van der Waals surface area (Å²) in [6, 6.07) is 0. The molecule has 0 radical (unpaired) electrons. The Morgan fingerprint density at radius 2 is 1.88 bits per heavy atom. The predicted octanol–water partition coefficient (Wildman–Crippen LogP) is 4.63. The number of hydrogen-bond acceptors (Lipinski definition) is 9. The normalized spacial score (nSPS) is 20.1. The first kappa shape index (κ1) is 35.2. The lowest BCUT2D eigenvalue weighted by atomic mass is 9.87. The van der Waals surface area contributed by atoms with Crippen LogP contribution in [0.4, 0.5) is 0 Å². The van der Waals surface area contributed by atoms with Crippen molar-refractivity contribution in [2.45, 2.75) is 117 Å². The van der Waals surface area contributed by atoms with Crippen molar-refractivity contribution in [1.29, 1.82) is 0 Å². The maximum atomic E-state index is 11.4. The summed E-state index contributed by atoms with van der Waals surface area (Å²) in [5.74, 6) is 0.534. The molecule has 1 aromatic heterocycles. The van der Waals surface area contributed by atoms with E-state index in [0.29, 0.717) is 51.7 Å². The smallest absolute Gasteiger partial charge is 0.132 e. The van der Waals surface area contributed by atoms with Crippen LogP contribution in [-0.4, -0.2) is 99.6 Å². The van der Waals surface area contributed by atoms with Gasteiger partial charge < -0.3 is 23.8 Å². The number of carbonyl (C=O) groups excluding carboxylic acids is 1. The second kappa shape index (κ2) is 16.0. The fraction of sp³-hybridized carbons (Fsp3) is 0.897. The summed E-state index contributed by atoms with van der Waals surface area (Å²) in [6.45, 7) is 22.4. The lowest BCUT2D eigenvalue weighted by Gasteiger charge is -2.45. The molecule has 11 heteroatoms. The summed E-state index contributed by atoms with van der Waals surface area (Å²) >= 11 is 0. The number of hydrogen-bond donors (Lipinski definition) is 1. The van der Waals surface area contributed by atoms with E-state index in [9.17, 15) is 9.90 Å². The summed E-state index contributed by atoms with van der Waals surface area (Å²) in [6.07, 6.45) is 5.58. The standard InChI is InChI=1S/C29H55N4O6P/c1-10-24-11-13-32(19-26(24)35)27(3,4)12-15-39-40(9)22-36-20-25-18-33(31-30-25)14-16-37-29(7,8)21-38-28(5,6)17-23(2)34/h18,24,26,35H,10-17,19-22H2,1-9H3. The number of aromatic nitrogens is 3. The molecular weight excluding hydrogens is 531 g/mol. The number of β-amino-alcohol motifs (C(OH)–C–C–N with tert-alkyl or cyclic N) is 1. The molecule has 0 saturated carbocycles. The molecule has 10 nitrogen and oxygen atoms in total. The third-order valence-corrected chi connectivity index (χ3v) is 8.70. The van der Waals surface area contributed by atoms with Crippen molar-refractivity contribution >= 4 is 13.9 Å². The van der Waals surface area contributed by atoms with Crippen molar-refractivity contribution in [3.8, 4) is 0 Å². The second-order valence-corrected chi connectivity index (χ2v) is 14.8. The average molecular weight is 587 g/mol. The summed E-state index contributed by atoms with van der Waals surface area (Å²) in [5.41, 5.74) is -0.231. The molecule has 1 aromatic rings. The first-order valence-corrected chi connectivity index (χ1v) is 16.5. The first-order valence-electron chi connectivity index (χ1n) is 14.6. The Morgan fingerprint density at radius 3 is 2.52 bits per heavy atom. The van der Waals surface area contributed by atoms with Crippen LogP contribution < -0.4 is 0 Å². The van der Waals surface area contributed by atoms with Gasteiger partial charge in [0.25, 0.3) is 0 Å². The van der Waals surface area contributed by atoms with Gasteiger partial charge in [-0.05, 0) is 80.4 Å². The van der Waals surface area contributed by atoms with E-state index in [2.05, 4.69) is 42.6 Å². The van der Waals surface area contributed by atoms with Gasteiger partial charge >= 0.3 is 0 Å². The van der Waals surface area contributed by atoms with E-state index in [4.69, 9.17) is 18.7 Å². The number of aliphatic hydroxyl groups is 1. The minimum Gasteiger partial charge on any atom is -0.392 e. The van der Waals surface area contributed by atoms with E-state index < -0.39 is 19.4 Å². The Bertz CT molecular complexity index is 894. The van der Waals surface area contributed by atoms with Crippen LogP contribution in [0.15, 0.2) is 6.20 Å². The van der Waals surface area contributed by atoms with Crippen LogP contribution in [0, 0.1) is 5.92 Å². The maximum absolute atomic E-state index is 11.4. The van der Waals surface area contributed by atoms with Gasteiger partial charge in [-0.1, -0.05) is 18.6 Å². The third kappa shape index (κ3) is 12.9. The first-order chi connectivity index (χ1) is 18.6. The fourth-order valence-electron chi connectivity index (χ4n) is 4.92. The molecule has 0 amide bonds. The monoisotopic (exact) mass is 586 g/mol. The molecule has 2 heterocycles. The maximum Gasteiger partial charge on any atom is 0.132 e. The molecule has 0 bridgehead atoms. The van der Waals surface area contributed by atoms with Gasteiger partial charge in [0.1, 0.15) is 11.5 Å². The predicted molar refractivity (Wildman–Crippen MR) is 159 cm³/mol. The van der Waals surface area contributed by atoms with Crippen LogP contribution in [0.2, 0.25) is 0 Å². The van der Waals surface area contributed by atoms with Gasteiger partial charge in [-0.2, -0.15) is 0 Å². The quantitative estimate of drug-likeness (QED) is 0.232. The molecule has 3 unspecified atom stereocenters. The number of ether oxygens (including phenoxy) is 3. The number of carbonyl (C=O) groups is 1. The molecule has 3 atom stereocenters. The molecule has 0 aliphatic carbocycles. The Hall–Kier alpha value is -1.00. The third-order valence-electron chi connectivity index (χ3n) is 7.53. The number of rotatable bonds is 19. The lowest BCUT2D eigenvalue weighted by Crippen LogP contribution is -2.53. The summed E-state index contributed by atoms with van der Waals surface area (Å²) in [4.78, 5) is 13.8. The minimum absolute atomic E-state index is 0.00669. The van der Waals surface area contributed by atoms with Gasteiger partial charge in [0.15, 0.2) is 0 Å². The van der Waals surface area contributed by atoms with Gasteiger partial charge in [0.2, 0.25) is 0 Å². The highest BCUT2D eigenvalue weighted by atomic mass is 31.1. The van der Waals surface area contributed by atoms with Crippen LogP contribution in [0.1, 0.15) is 86.8 Å². The number of Topliss-reactive ketones (excluding diaryl/α,β-unsaturated/α-hetero) is 1. The zero-order valence-electron chi connectivity index (χ0n) is 26.4. The number of ketones is 1. The lowest BCUT2D eigenvalue weighted by molar-refractivity contribution is -0.137. The zero-order chi connectivity index (χ0) is 30.0. The number of likely N-dealkylation sites (tertiary alicyclic amines) is 1. The van der Waals surface area contributed by atoms with E-state index in [1.165, 1.54) is 0 Å². The number of nitrogens with zero attached hydrogens (tertiary/aromatic N) is 4. The molecule has 1 aliphatic heterocycles. The SMILES string of the molecule is CCC1CCN(C(C)(C)CCOP(C)COCc2cn(CCOC(C)(C)COC(C)(C)CC(C)=O)nn2)CC1O. The molecule has 1 aliphatic rings. The molecule has 1 fully saturated rings. The Kier molecular flexibility index (Phi) is 14.1. The van der Waals surface area contributed by atoms with Crippen LogP contribution in [0.25, 0.3) is 0 Å². The van der Waals surface area contributed by atoms with Gasteiger partial charge in [-0.25, -0.2) is 4.68 Å². The zero-order valence-corrected chi connectivity index (χ0v) is 27.3. The summed E-state index contributed by atoms with van der Waals surface area (Å²) in [7, 11) is -0.695. The molecule has 2 rings (SSSR count). The molecule has 232 valence electrons. The van der Waals surface area contributed by atoms with Crippen LogP contribution in [0.3, 0.4) is 0 Å². The van der Waals surface area contributed by atoms with Gasteiger partial charge in [0.05, 0.1) is 71.0 Å². The van der Waals surface area contributed by atoms with Crippen molar-refractivity contribution in [2.24, 2.45) is 5.92 Å². The van der Waals surface area contributed by atoms with Gasteiger partial charge in [0, 0.05) is 18.5 Å². The van der Waals surface area contributed by atoms with E-state index >= 15 is 0 Å². The summed E-state index contributed by atoms with van der Waals surface area (Å²) < 4.78 is 25.6. The van der Waals surface area contributed by atoms with Crippen molar-refractivity contribution in [3.05, 3.63) is 11.9 Å². The summed E-state index contributed by atoms with van der Waals surface area (Å²) in [5, 5.41) is 18.8. The van der Waals surface area contributed by atoms with Crippen LogP contribution >= 0.6 is 8.15 Å². The van der Waals surface area contributed by atoms with Crippen molar-refractivity contribution in [2.75, 3.05) is 45.9 Å². The Balaban J connectivity index is 1.62. The van der Waals surface area contributed by atoms with Gasteiger partial charge in [-0.3, -0.25) is 9.69 Å². The molecule has 40 heavy (non-hydrogen) atoms. The van der Waals surface area contributed by atoms with Crippen molar-refractivity contribution in [3.63, 3.8) is 0 Å². The number of aliphatic hydroxyl groups excluding tert-OH is 1. The van der Waals surface area contributed by atoms with Crippen LogP contribution in [-0.2, 0) is 36.7 Å². The highest BCUT2D eigenvalue weighted by Gasteiger charge is 2.34. The van der Waals surface area contributed by atoms with E-state index in [1.54, 1.807) is 11.6 Å². The van der Waals surface area contributed by atoms with Crippen molar-refractivity contribution in [1.82, 2.24) is 19.9 Å². The fourth-order valence-corrected chi connectivity index (χ4v) is 5.75. The second-order valence-electron chi connectivity index (χ2n) is 13.0. The molecule has 0 aromatic carbocycles. The Labute approximate surface area is 243 Å². The van der Waals surface area contributed by atoms with Crippen LogP contribution in [0.5, 0.6) is 0 Å². The van der Waals surface area contributed by atoms with Gasteiger partial charge in [-0.15, -0.1) is 5.10 Å². The molecule has 0 spiro atoms.